The topological polar surface area (TPSA) is 65.4 Å². The van der Waals surface area contributed by atoms with Crippen LogP contribution in [0.3, 0.4) is 0 Å². The first-order chi connectivity index (χ1) is 19.9. The van der Waals surface area contributed by atoms with Crippen LogP contribution in [0.25, 0.3) is 11.1 Å². The van der Waals surface area contributed by atoms with Gasteiger partial charge in [-0.05, 0) is 91.7 Å². The lowest BCUT2D eigenvalue weighted by Gasteiger charge is -2.35. The number of carbonyl (C=O) groups is 1. The molecule has 3 aromatic carbocycles. The molecule has 1 amide bonds. The molecule has 214 valence electrons. The summed E-state index contributed by atoms with van der Waals surface area (Å²) in [5, 5.41) is 11.6. The van der Waals surface area contributed by atoms with E-state index in [1.54, 1.807) is 36.2 Å². The number of benzene rings is 3. The van der Waals surface area contributed by atoms with Gasteiger partial charge in [0, 0.05) is 25.7 Å². The number of likely N-dealkylation sites (N-methyl/N-ethyl adjacent to an activating group) is 1. The minimum atomic E-state index is -1.10. The number of amides is 1. The normalized spacial score (nSPS) is 18.4. The zero-order chi connectivity index (χ0) is 28.5. The fraction of sp³-hybridized carbons (Fsp3) is 0.394. The van der Waals surface area contributed by atoms with Crippen LogP contribution < -0.4 is 4.74 Å². The average Bonchev–Trinajstić information content (AvgIpc) is 3.66. The molecule has 6 rings (SSSR count). The maximum absolute atomic E-state index is 14.9. The Morgan fingerprint density at radius 3 is 2.49 bits per heavy atom. The van der Waals surface area contributed by atoms with E-state index in [9.17, 15) is 18.7 Å². The summed E-state index contributed by atoms with van der Waals surface area (Å²) in [6.07, 6.45) is 3.65. The number of hydrogen-bond acceptors (Lipinski definition) is 5. The number of halogens is 2. The molecule has 6 nitrogen and oxygen atoms in total. The molecule has 8 heteroatoms. The van der Waals surface area contributed by atoms with Gasteiger partial charge >= 0.3 is 0 Å². The highest BCUT2D eigenvalue weighted by molar-refractivity contribution is 6.45. The molecule has 3 aliphatic rings. The standard InChI is InChI=1S/C33H35F2N3O3/c1-37(33(40)31-27-12-6-22(18-23(27)14-15-36-31)21-4-8-25(34)9-5-21)29(20-38-16-2-3-17-38)32(39)24-7-13-30(28(35)19-24)41-26-10-11-26/h4-9,12-13,18-19,26,29,32,39H,2-3,10-11,14-17,20H2,1H3/t29-,32-/m1/s1. The number of fused-ring (bicyclic) bond motifs is 1. The first-order valence-electron chi connectivity index (χ1n) is 14.4. The molecule has 3 aromatic rings. The number of rotatable bonds is 9. The van der Waals surface area contributed by atoms with Crippen molar-refractivity contribution >= 4 is 11.6 Å². The molecule has 1 saturated carbocycles. The van der Waals surface area contributed by atoms with Crippen LogP contribution in [-0.2, 0) is 11.2 Å². The lowest BCUT2D eigenvalue weighted by atomic mass is 9.92. The summed E-state index contributed by atoms with van der Waals surface area (Å²) in [7, 11) is 1.69. The summed E-state index contributed by atoms with van der Waals surface area (Å²) in [6, 6.07) is 16.2. The Hall–Kier alpha value is -3.62. The van der Waals surface area contributed by atoms with Gasteiger partial charge in [-0.25, -0.2) is 8.78 Å². The largest absolute Gasteiger partial charge is 0.487 e. The molecule has 0 aromatic heterocycles. The second kappa shape index (κ2) is 11.7. The second-order valence-electron chi connectivity index (χ2n) is 11.3. The van der Waals surface area contributed by atoms with Crippen LogP contribution in [0.1, 0.15) is 48.5 Å². The number of aliphatic imine (C=N–C) groups is 1. The summed E-state index contributed by atoms with van der Waals surface area (Å²) in [5.41, 5.74) is 4.38. The molecule has 41 heavy (non-hydrogen) atoms. The predicted octanol–water partition coefficient (Wildman–Crippen LogP) is 5.17. The molecular formula is C33H35F2N3O3. The Kier molecular flexibility index (Phi) is 7.86. The second-order valence-corrected chi connectivity index (χ2v) is 11.3. The van der Waals surface area contributed by atoms with Crippen molar-refractivity contribution in [1.29, 1.82) is 0 Å². The van der Waals surface area contributed by atoms with Gasteiger partial charge in [-0.1, -0.05) is 36.4 Å². The molecule has 1 N–H and O–H groups in total. The molecule has 0 radical (unpaired) electrons. The maximum Gasteiger partial charge on any atom is 0.272 e. The first-order valence-corrected chi connectivity index (χ1v) is 14.4. The fourth-order valence-corrected chi connectivity index (χ4v) is 5.78. The number of likely N-dealkylation sites (tertiary alicyclic amines) is 1. The molecule has 2 heterocycles. The summed E-state index contributed by atoms with van der Waals surface area (Å²) >= 11 is 0. The van der Waals surface area contributed by atoms with Gasteiger partial charge in [0.1, 0.15) is 17.6 Å². The van der Waals surface area contributed by atoms with Gasteiger partial charge in [-0.2, -0.15) is 0 Å². The zero-order valence-electron chi connectivity index (χ0n) is 23.2. The van der Waals surface area contributed by atoms with E-state index in [0.717, 1.165) is 61.0 Å². The Balaban J connectivity index is 1.25. The molecular weight excluding hydrogens is 524 g/mol. The maximum atomic E-state index is 14.9. The monoisotopic (exact) mass is 559 g/mol. The van der Waals surface area contributed by atoms with Gasteiger partial charge < -0.3 is 19.6 Å². The van der Waals surface area contributed by atoms with Crippen molar-refractivity contribution in [1.82, 2.24) is 9.80 Å². The Bertz CT molecular complexity index is 1450. The van der Waals surface area contributed by atoms with Crippen LogP contribution >= 0.6 is 0 Å². The molecule has 0 spiro atoms. The van der Waals surface area contributed by atoms with Crippen molar-refractivity contribution in [2.45, 2.75) is 50.4 Å². The number of aliphatic hydroxyl groups is 1. The van der Waals surface area contributed by atoms with Crippen LogP contribution in [0.2, 0.25) is 0 Å². The number of aliphatic hydroxyl groups excluding tert-OH is 1. The molecule has 0 bridgehead atoms. The van der Waals surface area contributed by atoms with Crippen molar-refractivity contribution in [2.24, 2.45) is 4.99 Å². The Morgan fingerprint density at radius 2 is 1.78 bits per heavy atom. The number of ether oxygens (including phenoxy) is 1. The van der Waals surface area contributed by atoms with Gasteiger partial charge in [0.15, 0.2) is 11.6 Å². The third-order valence-corrected chi connectivity index (χ3v) is 8.33. The third kappa shape index (κ3) is 6.04. The van der Waals surface area contributed by atoms with E-state index in [-0.39, 0.29) is 23.6 Å². The quantitative estimate of drug-likeness (QED) is 0.393. The summed E-state index contributed by atoms with van der Waals surface area (Å²) in [5.74, 6) is -0.884. The lowest BCUT2D eigenvalue weighted by Crippen LogP contribution is -2.50. The van der Waals surface area contributed by atoms with Crippen molar-refractivity contribution < 1.29 is 23.4 Å². The Labute approximate surface area is 239 Å². The molecule has 2 fully saturated rings. The minimum absolute atomic E-state index is 0.0675. The molecule has 1 saturated heterocycles. The van der Waals surface area contributed by atoms with E-state index in [2.05, 4.69) is 9.89 Å². The van der Waals surface area contributed by atoms with Crippen molar-refractivity contribution in [2.75, 3.05) is 33.2 Å². The van der Waals surface area contributed by atoms with E-state index < -0.39 is 18.0 Å². The van der Waals surface area contributed by atoms with Crippen LogP contribution in [-0.4, -0.2) is 71.9 Å². The smallest absolute Gasteiger partial charge is 0.272 e. The van der Waals surface area contributed by atoms with Crippen LogP contribution in [0, 0.1) is 11.6 Å². The minimum Gasteiger partial charge on any atom is -0.487 e. The average molecular weight is 560 g/mol. The highest BCUT2D eigenvalue weighted by Gasteiger charge is 2.35. The fourth-order valence-electron chi connectivity index (χ4n) is 5.78. The van der Waals surface area contributed by atoms with Crippen LogP contribution in [0.5, 0.6) is 5.75 Å². The van der Waals surface area contributed by atoms with Gasteiger partial charge in [-0.3, -0.25) is 9.79 Å². The molecule has 1 aliphatic carbocycles. The number of carbonyl (C=O) groups excluding carboxylic acids is 1. The SMILES string of the molecule is CN(C(=O)C1=NCCc2cc(-c3ccc(F)cc3)ccc21)[C@H](CN1CCCC1)[C@H](O)c1ccc(OC2CC2)c(F)c1. The number of nitrogens with zero attached hydrogens (tertiary/aromatic N) is 3. The van der Waals surface area contributed by atoms with Crippen molar-refractivity contribution in [3.05, 3.63) is 89.0 Å². The summed E-state index contributed by atoms with van der Waals surface area (Å²) in [4.78, 5) is 22.4. The van der Waals surface area contributed by atoms with E-state index in [4.69, 9.17) is 4.74 Å². The summed E-state index contributed by atoms with van der Waals surface area (Å²) in [6.45, 7) is 2.73. The predicted molar refractivity (Wildman–Crippen MR) is 154 cm³/mol. The lowest BCUT2D eigenvalue weighted by molar-refractivity contribution is -0.127. The Morgan fingerprint density at radius 1 is 1.05 bits per heavy atom. The van der Waals surface area contributed by atoms with E-state index >= 15 is 0 Å². The van der Waals surface area contributed by atoms with E-state index in [1.165, 1.54) is 18.2 Å². The van der Waals surface area contributed by atoms with E-state index in [1.807, 2.05) is 18.2 Å². The molecule has 2 atom stereocenters. The number of hydrogen-bond donors (Lipinski definition) is 1. The van der Waals surface area contributed by atoms with Crippen molar-refractivity contribution in [3.63, 3.8) is 0 Å². The molecule has 2 aliphatic heterocycles. The van der Waals surface area contributed by atoms with Gasteiger partial charge in [0.05, 0.1) is 12.1 Å². The van der Waals surface area contributed by atoms with Crippen molar-refractivity contribution in [3.8, 4) is 16.9 Å². The van der Waals surface area contributed by atoms with Gasteiger partial charge in [0.2, 0.25) is 0 Å². The molecule has 0 unspecified atom stereocenters. The zero-order valence-corrected chi connectivity index (χ0v) is 23.2. The van der Waals surface area contributed by atoms with Gasteiger partial charge in [-0.15, -0.1) is 0 Å². The third-order valence-electron chi connectivity index (χ3n) is 8.33. The highest BCUT2D eigenvalue weighted by atomic mass is 19.1. The first kappa shape index (κ1) is 27.5. The van der Waals surface area contributed by atoms with Gasteiger partial charge in [0.25, 0.3) is 5.91 Å². The highest BCUT2D eigenvalue weighted by Crippen LogP contribution is 2.32. The van der Waals surface area contributed by atoms with Crippen LogP contribution in [0.15, 0.2) is 65.7 Å². The van der Waals surface area contributed by atoms with Crippen LogP contribution in [0.4, 0.5) is 8.78 Å². The summed E-state index contributed by atoms with van der Waals surface area (Å²) < 4.78 is 34.0. The van der Waals surface area contributed by atoms with E-state index in [0.29, 0.717) is 30.8 Å².